The second-order valence-electron chi connectivity index (χ2n) is 4.68. The molecular weight excluding hydrogens is 270 g/mol. The van der Waals surface area contributed by atoms with E-state index >= 15 is 0 Å². The number of hydrogen-bond acceptors (Lipinski definition) is 4. The van der Waals surface area contributed by atoms with Gasteiger partial charge in [0.15, 0.2) is 11.6 Å². The molecule has 2 aromatic heterocycles. The van der Waals surface area contributed by atoms with E-state index in [4.69, 9.17) is 5.11 Å². The summed E-state index contributed by atoms with van der Waals surface area (Å²) in [6.45, 7) is 5.85. The molecule has 0 spiro atoms. The second-order valence-corrected chi connectivity index (χ2v) is 4.68. The maximum Gasteiger partial charge on any atom is 0.328 e. The van der Waals surface area contributed by atoms with Crippen LogP contribution in [0.4, 0.5) is 0 Å². The number of aliphatic carboxylic acids is 1. The Morgan fingerprint density at radius 2 is 2.00 bits per heavy atom. The summed E-state index contributed by atoms with van der Waals surface area (Å²) in [7, 11) is 1.81. The summed E-state index contributed by atoms with van der Waals surface area (Å²) in [4.78, 5) is 15.2. The Labute approximate surface area is 122 Å². The van der Waals surface area contributed by atoms with Crippen molar-refractivity contribution in [1.29, 1.82) is 0 Å². The van der Waals surface area contributed by atoms with Crippen molar-refractivity contribution in [3.8, 4) is 5.82 Å². The Kier molecular flexibility index (Phi) is 4.21. The molecule has 0 radical (unpaired) electrons. The van der Waals surface area contributed by atoms with Crippen LogP contribution < -0.4 is 0 Å². The summed E-state index contributed by atoms with van der Waals surface area (Å²) < 4.78 is 3.45. The lowest BCUT2D eigenvalue weighted by Gasteiger charge is -2.06. The number of aryl methyl sites for hydroxylation is 4. The van der Waals surface area contributed by atoms with Crippen molar-refractivity contribution >= 4 is 12.0 Å². The van der Waals surface area contributed by atoms with Gasteiger partial charge in [-0.2, -0.15) is 9.78 Å². The highest BCUT2D eigenvalue weighted by Gasteiger charge is 2.18. The van der Waals surface area contributed by atoms with E-state index in [2.05, 4.69) is 15.2 Å². The Morgan fingerprint density at radius 1 is 1.29 bits per heavy atom. The van der Waals surface area contributed by atoms with E-state index in [-0.39, 0.29) is 0 Å². The summed E-state index contributed by atoms with van der Waals surface area (Å²) in [6, 6.07) is 0. The number of carbonyl (C=O) groups is 1. The molecule has 0 saturated heterocycles. The molecule has 0 saturated carbocycles. The van der Waals surface area contributed by atoms with E-state index in [1.807, 2.05) is 27.8 Å². The van der Waals surface area contributed by atoms with Crippen LogP contribution >= 0.6 is 0 Å². The minimum absolute atomic E-state index is 0.731. The molecule has 21 heavy (non-hydrogen) atoms. The van der Waals surface area contributed by atoms with Gasteiger partial charge in [-0.15, -0.1) is 5.10 Å². The molecule has 2 heterocycles. The Balaban J connectivity index is 2.63. The van der Waals surface area contributed by atoms with Crippen LogP contribution in [0, 0.1) is 6.92 Å². The van der Waals surface area contributed by atoms with Crippen LogP contribution in [0.3, 0.4) is 0 Å². The molecule has 0 amide bonds. The van der Waals surface area contributed by atoms with Crippen LogP contribution in [-0.2, 0) is 24.7 Å². The van der Waals surface area contributed by atoms with Gasteiger partial charge in [-0.25, -0.2) is 9.78 Å². The van der Waals surface area contributed by atoms with Crippen LogP contribution in [0.2, 0.25) is 0 Å². The monoisotopic (exact) mass is 289 g/mol. The van der Waals surface area contributed by atoms with Crippen molar-refractivity contribution < 1.29 is 9.90 Å². The van der Waals surface area contributed by atoms with Gasteiger partial charge in [-0.05, 0) is 13.0 Å². The number of rotatable bonds is 5. The molecular formula is C14H19N5O2. The van der Waals surface area contributed by atoms with Crippen molar-refractivity contribution in [2.45, 2.75) is 33.6 Å². The molecule has 1 N–H and O–H groups in total. The average molecular weight is 289 g/mol. The summed E-state index contributed by atoms with van der Waals surface area (Å²) in [5, 5.41) is 17.7. The lowest BCUT2D eigenvalue weighted by molar-refractivity contribution is -0.131. The van der Waals surface area contributed by atoms with Gasteiger partial charge < -0.3 is 5.11 Å². The highest BCUT2D eigenvalue weighted by atomic mass is 16.4. The lowest BCUT2D eigenvalue weighted by Crippen LogP contribution is -2.09. The molecule has 2 rings (SSSR count). The minimum Gasteiger partial charge on any atom is -0.478 e. The zero-order valence-electron chi connectivity index (χ0n) is 12.7. The molecule has 2 aromatic rings. The molecule has 0 aliphatic rings. The SMILES string of the molecule is CCc1nc(CC)n(-c2c(C=CC(=O)O)c(C)nn2C)n1. The van der Waals surface area contributed by atoms with Crippen LogP contribution in [0.15, 0.2) is 6.08 Å². The Bertz CT molecular complexity index is 697. The maximum atomic E-state index is 10.8. The summed E-state index contributed by atoms with van der Waals surface area (Å²) in [5.41, 5.74) is 1.49. The highest BCUT2D eigenvalue weighted by Crippen LogP contribution is 2.20. The fraction of sp³-hybridized carbons (Fsp3) is 0.429. The van der Waals surface area contributed by atoms with Crippen molar-refractivity contribution in [2.24, 2.45) is 7.05 Å². The quantitative estimate of drug-likeness (QED) is 0.844. The lowest BCUT2D eigenvalue weighted by atomic mass is 10.2. The van der Waals surface area contributed by atoms with E-state index < -0.39 is 5.97 Å². The molecule has 0 aliphatic carbocycles. The number of carboxylic acid groups (broad SMARTS) is 1. The average Bonchev–Trinajstić information content (AvgIpc) is 2.96. The van der Waals surface area contributed by atoms with Crippen LogP contribution in [0.5, 0.6) is 0 Å². The second kappa shape index (κ2) is 5.90. The van der Waals surface area contributed by atoms with Crippen molar-refractivity contribution in [3.63, 3.8) is 0 Å². The van der Waals surface area contributed by atoms with Gasteiger partial charge in [-0.3, -0.25) is 4.68 Å². The van der Waals surface area contributed by atoms with Gasteiger partial charge in [0.05, 0.1) is 5.69 Å². The normalized spacial score (nSPS) is 11.4. The van der Waals surface area contributed by atoms with E-state index in [0.717, 1.165) is 47.6 Å². The maximum absolute atomic E-state index is 10.8. The standard InChI is InChI=1S/C14H19N5O2/c1-5-11-15-12(6-2)19(17-11)14-10(7-8-13(20)21)9(3)16-18(14)4/h7-8H,5-6H2,1-4H3,(H,20,21). The number of nitrogens with zero attached hydrogens (tertiary/aromatic N) is 5. The third kappa shape index (κ3) is 2.86. The van der Waals surface area contributed by atoms with Gasteiger partial charge in [0.2, 0.25) is 0 Å². The molecule has 0 unspecified atom stereocenters. The van der Waals surface area contributed by atoms with Crippen LogP contribution in [0.1, 0.15) is 36.8 Å². The first-order chi connectivity index (χ1) is 9.97. The third-order valence-corrected chi connectivity index (χ3v) is 3.18. The van der Waals surface area contributed by atoms with E-state index in [1.165, 1.54) is 0 Å². The number of hydrogen-bond donors (Lipinski definition) is 1. The zero-order valence-corrected chi connectivity index (χ0v) is 12.7. The fourth-order valence-electron chi connectivity index (χ4n) is 2.20. The fourth-order valence-corrected chi connectivity index (χ4v) is 2.20. The molecule has 0 aromatic carbocycles. The smallest absolute Gasteiger partial charge is 0.328 e. The third-order valence-electron chi connectivity index (χ3n) is 3.18. The van der Waals surface area contributed by atoms with Crippen molar-refractivity contribution in [1.82, 2.24) is 24.5 Å². The molecule has 112 valence electrons. The molecule has 0 bridgehead atoms. The molecule has 7 nitrogen and oxygen atoms in total. The summed E-state index contributed by atoms with van der Waals surface area (Å²) in [6.07, 6.45) is 4.14. The van der Waals surface area contributed by atoms with Gasteiger partial charge in [-0.1, -0.05) is 13.8 Å². The van der Waals surface area contributed by atoms with Gasteiger partial charge in [0.1, 0.15) is 5.82 Å². The molecule has 0 fully saturated rings. The molecule has 7 heteroatoms. The number of carboxylic acids is 1. The topological polar surface area (TPSA) is 85.8 Å². The Hall–Kier alpha value is -2.44. The van der Waals surface area contributed by atoms with E-state index in [9.17, 15) is 4.79 Å². The summed E-state index contributed by atoms with van der Waals surface area (Å²) >= 11 is 0. The highest BCUT2D eigenvalue weighted by molar-refractivity contribution is 5.86. The predicted molar refractivity (Wildman–Crippen MR) is 78.3 cm³/mol. The molecule has 0 atom stereocenters. The van der Waals surface area contributed by atoms with E-state index in [0.29, 0.717) is 0 Å². The first kappa shape index (κ1) is 15.0. The first-order valence-corrected chi connectivity index (χ1v) is 6.87. The zero-order chi connectivity index (χ0) is 15.6. The largest absolute Gasteiger partial charge is 0.478 e. The number of aromatic nitrogens is 5. The van der Waals surface area contributed by atoms with Crippen molar-refractivity contribution in [3.05, 3.63) is 29.0 Å². The minimum atomic E-state index is -0.993. The molecule has 0 aliphatic heterocycles. The van der Waals surface area contributed by atoms with Gasteiger partial charge in [0.25, 0.3) is 0 Å². The summed E-state index contributed by atoms with van der Waals surface area (Å²) in [5.74, 6) is 1.33. The first-order valence-electron chi connectivity index (χ1n) is 6.87. The van der Waals surface area contributed by atoms with Crippen LogP contribution in [0.25, 0.3) is 11.9 Å². The van der Waals surface area contributed by atoms with Crippen molar-refractivity contribution in [2.75, 3.05) is 0 Å². The predicted octanol–water partition coefficient (Wildman–Crippen LogP) is 1.53. The Morgan fingerprint density at radius 3 is 2.57 bits per heavy atom. The van der Waals surface area contributed by atoms with Crippen LogP contribution in [-0.4, -0.2) is 35.6 Å². The van der Waals surface area contributed by atoms with E-state index in [1.54, 1.807) is 15.4 Å². The van der Waals surface area contributed by atoms with Gasteiger partial charge >= 0.3 is 5.97 Å². The van der Waals surface area contributed by atoms with Gasteiger partial charge in [0, 0.05) is 31.5 Å².